The highest BCUT2D eigenvalue weighted by atomic mass is 79.9. The summed E-state index contributed by atoms with van der Waals surface area (Å²) in [6.07, 6.45) is 0. The van der Waals surface area contributed by atoms with Gasteiger partial charge in [-0.05, 0) is 12.1 Å². The lowest BCUT2D eigenvalue weighted by Crippen LogP contribution is -1.95. The van der Waals surface area contributed by atoms with Crippen LogP contribution in [0.4, 0.5) is 0 Å². The van der Waals surface area contributed by atoms with Gasteiger partial charge in [0.2, 0.25) is 0 Å². The van der Waals surface area contributed by atoms with Crippen LogP contribution in [-0.4, -0.2) is 27.0 Å². The molecule has 0 saturated carbocycles. The lowest BCUT2D eigenvalue weighted by atomic mass is 10.1. The number of nitrogens with zero attached hydrogens (tertiary/aromatic N) is 1. The molecule has 2 N–H and O–H groups in total. The number of halogens is 1. The Morgan fingerprint density at radius 3 is 2.83 bits per heavy atom. The van der Waals surface area contributed by atoms with Crippen molar-refractivity contribution in [3.05, 3.63) is 35.5 Å². The summed E-state index contributed by atoms with van der Waals surface area (Å²) >= 11 is 5.34. The summed E-state index contributed by atoms with van der Waals surface area (Å²) in [5.41, 5.74) is 3.23. The first kappa shape index (κ1) is 11.8. The van der Waals surface area contributed by atoms with Crippen LogP contribution in [0.25, 0.3) is 11.3 Å². The van der Waals surface area contributed by atoms with Crippen LogP contribution in [0.15, 0.2) is 29.2 Å². The molecule has 92 valence electrons. The third kappa shape index (κ3) is 1.85. The third-order valence-corrected chi connectivity index (χ3v) is 5.25. The largest absolute Gasteiger partial charge is 0.478 e. The second kappa shape index (κ2) is 4.44. The fourth-order valence-electron chi connectivity index (χ4n) is 1.91. The molecule has 0 spiro atoms. The summed E-state index contributed by atoms with van der Waals surface area (Å²) in [5.74, 6) is 0.0767. The molecular weight excluding hydrogens is 316 g/mol. The average molecular weight is 325 g/mol. The van der Waals surface area contributed by atoms with Crippen molar-refractivity contribution in [2.24, 2.45) is 0 Å². The highest BCUT2D eigenvalue weighted by Gasteiger charge is 2.27. The first-order valence-corrected chi connectivity index (χ1v) is 7.26. The summed E-state index contributed by atoms with van der Waals surface area (Å²) in [6, 6.07) is 6.79. The first-order chi connectivity index (χ1) is 8.66. The molecule has 1 aliphatic rings. The van der Waals surface area contributed by atoms with Gasteiger partial charge in [-0.25, -0.2) is 4.79 Å². The molecule has 1 aromatic heterocycles. The molecule has 0 aliphatic carbocycles. The zero-order chi connectivity index (χ0) is 12.7. The van der Waals surface area contributed by atoms with E-state index in [0.717, 1.165) is 27.6 Å². The van der Waals surface area contributed by atoms with Crippen LogP contribution in [0.1, 0.15) is 20.9 Å². The molecule has 0 saturated heterocycles. The van der Waals surface area contributed by atoms with Gasteiger partial charge in [-0.1, -0.05) is 28.1 Å². The molecule has 0 amide bonds. The number of alkyl halides is 1. The monoisotopic (exact) mass is 324 g/mol. The van der Waals surface area contributed by atoms with Crippen LogP contribution in [0.3, 0.4) is 0 Å². The number of aromatic nitrogens is 2. The molecule has 3 rings (SSSR count). The fourth-order valence-corrected chi connectivity index (χ4v) is 3.91. The van der Waals surface area contributed by atoms with E-state index in [4.69, 9.17) is 5.11 Å². The van der Waals surface area contributed by atoms with Crippen molar-refractivity contribution >= 4 is 33.7 Å². The number of aromatic amines is 1. The maximum absolute atomic E-state index is 10.8. The van der Waals surface area contributed by atoms with E-state index in [9.17, 15) is 4.79 Å². The van der Waals surface area contributed by atoms with Crippen molar-refractivity contribution in [2.75, 3.05) is 5.75 Å². The number of carbonyl (C=O) groups is 1. The summed E-state index contributed by atoms with van der Waals surface area (Å²) in [7, 11) is 0. The zero-order valence-electron chi connectivity index (χ0n) is 9.18. The van der Waals surface area contributed by atoms with E-state index in [1.807, 2.05) is 0 Å². The van der Waals surface area contributed by atoms with Gasteiger partial charge in [0, 0.05) is 11.3 Å². The molecule has 2 aromatic rings. The number of carboxylic acid groups (broad SMARTS) is 1. The van der Waals surface area contributed by atoms with Gasteiger partial charge in [-0.2, -0.15) is 5.10 Å². The van der Waals surface area contributed by atoms with Crippen molar-refractivity contribution in [3.63, 3.8) is 0 Å². The second-order valence-electron chi connectivity index (χ2n) is 3.98. The van der Waals surface area contributed by atoms with Crippen LogP contribution >= 0.6 is 27.7 Å². The van der Waals surface area contributed by atoms with Gasteiger partial charge in [-0.15, -0.1) is 11.8 Å². The van der Waals surface area contributed by atoms with Crippen molar-refractivity contribution in [1.29, 1.82) is 0 Å². The maximum Gasteiger partial charge on any atom is 0.335 e. The number of thioether (sulfide) groups is 1. The van der Waals surface area contributed by atoms with Gasteiger partial charge in [0.05, 0.1) is 21.0 Å². The number of benzene rings is 1. The molecule has 18 heavy (non-hydrogen) atoms. The minimum absolute atomic E-state index is 0.289. The van der Waals surface area contributed by atoms with E-state index in [0.29, 0.717) is 4.83 Å². The molecular formula is C12H9BrN2O2S. The first-order valence-electron chi connectivity index (χ1n) is 5.35. The summed E-state index contributed by atoms with van der Waals surface area (Å²) < 4.78 is 0. The second-order valence-corrected chi connectivity index (χ2v) is 6.11. The predicted octanol–water partition coefficient (Wildman–Crippen LogP) is 3.32. The lowest BCUT2D eigenvalue weighted by Gasteiger charge is -2.00. The molecule has 1 atom stereocenters. The van der Waals surface area contributed by atoms with Crippen molar-refractivity contribution in [3.8, 4) is 11.3 Å². The Labute approximate surface area is 116 Å². The van der Waals surface area contributed by atoms with E-state index in [1.165, 1.54) is 0 Å². The van der Waals surface area contributed by atoms with Gasteiger partial charge in [0.1, 0.15) is 5.69 Å². The zero-order valence-corrected chi connectivity index (χ0v) is 11.6. The summed E-state index contributed by atoms with van der Waals surface area (Å²) in [4.78, 5) is 12.3. The van der Waals surface area contributed by atoms with Gasteiger partial charge < -0.3 is 5.11 Å². The smallest absolute Gasteiger partial charge is 0.335 e. The molecule has 4 nitrogen and oxygen atoms in total. The molecule has 1 unspecified atom stereocenters. The van der Waals surface area contributed by atoms with Crippen molar-refractivity contribution < 1.29 is 9.90 Å². The molecule has 0 radical (unpaired) electrons. The number of nitrogens with one attached hydrogen (secondary N) is 1. The van der Waals surface area contributed by atoms with Crippen molar-refractivity contribution in [1.82, 2.24) is 10.2 Å². The number of rotatable bonds is 2. The van der Waals surface area contributed by atoms with Gasteiger partial charge >= 0.3 is 5.97 Å². The number of aromatic carboxylic acids is 1. The normalized spacial score (nSPS) is 17.7. The Hall–Kier alpha value is -1.27. The topological polar surface area (TPSA) is 66.0 Å². The molecule has 1 aliphatic heterocycles. The Morgan fingerprint density at radius 1 is 1.44 bits per heavy atom. The van der Waals surface area contributed by atoms with Crippen LogP contribution in [0, 0.1) is 0 Å². The van der Waals surface area contributed by atoms with E-state index >= 15 is 0 Å². The van der Waals surface area contributed by atoms with Crippen LogP contribution in [0.5, 0.6) is 0 Å². The number of H-pyrrole nitrogens is 1. The average Bonchev–Trinajstić information content (AvgIpc) is 2.93. The summed E-state index contributed by atoms with van der Waals surface area (Å²) in [5, 5.41) is 16.2. The van der Waals surface area contributed by atoms with Gasteiger partial charge in [0.15, 0.2) is 0 Å². The van der Waals surface area contributed by atoms with E-state index in [1.54, 1.807) is 36.0 Å². The Morgan fingerprint density at radius 2 is 2.17 bits per heavy atom. The fraction of sp³-hybridized carbons (Fsp3) is 0.167. The SMILES string of the molecule is O=C(O)c1ccc(-c2n[nH]c3c2SCC3Br)cc1. The molecule has 0 fully saturated rings. The maximum atomic E-state index is 10.8. The minimum atomic E-state index is -0.913. The Bertz CT molecular complexity index is 609. The van der Waals surface area contributed by atoms with Gasteiger partial charge in [-0.3, -0.25) is 5.10 Å². The van der Waals surface area contributed by atoms with E-state index < -0.39 is 5.97 Å². The van der Waals surface area contributed by atoms with Crippen molar-refractivity contribution in [2.45, 2.75) is 9.72 Å². The molecule has 0 bridgehead atoms. The van der Waals surface area contributed by atoms with Gasteiger partial charge in [0.25, 0.3) is 0 Å². The van der Waals surface area contributed by atoms with Crippen LogP contribution in [-0.2, 0) is 0 Å². The highest BCUT2D eigenvalue weighted by molar-refractivity contribution is 9.09. The van der Waals surface area contributed by atoms with Crippen LogP contribution < -0.4 is 0 Å². The lowest BCUT2D eigenvalue weighted by molar-refractivity contribution is 0.0697. The number of hydrogen-bond acceptors (Lipinski definition) is 3. The Balaban J connectivity index is 2.01. The minimum Gasteiger partial charge on any atom is -0.478 e. The van der Waals surface area contributed by atoms with E-state index in [2.05, 4.69) is 26.1 Å². The molecule has 6 heteroatoms. The Kier molecular flexibility index (Phi) is 2.91. The quantitative estimate of drug-likeness (QED) is 0.832. The number of fused-ring (bicyclic) bond motifs is 1. The predicted molar refractivity (Wildman–Crippen MR) is 73.4 cm³/mol. The standard InChI is InChI=1S/C12H9BrN2O2S/c13-8-5-18-11-9(14-15-10(8)11)6-1-3-7(4-2-6)12(16)17/h1-4,8H,5H2,(H,14,15)(H,16,17). The highest BCUT2D eigenvalue weighted by Crippen LogP contribution is 2.46. The summed E-state index contributed by atoms with van der Waals surface area (Å²) in [6.45, 7) is 0. The van der Waals surface area contributed by atoms with Crippen LogP contribution in [0.2, 0.25) is 0 Å². The number of hydrogen-bond donors (Lipinski definition) is 2. The molecule has 1 aromatic carbocycles. The third-order valence-electron chi connectivity index (χ3n) is 2.84. The molecule has 2 heterocycles. The van der Waals surface area contributed by atoms with E-state index in [-0.39, 0.29) is 5.56 Å². The number of carboxylic acids is 1.